The number of likely N-dealkylation sites (tertiary alicyclic amines) is 1. The Hall–Kier alpha value is -1.01. The Morgan fingerprint density at radius 3 is 2.33 bits per heavy atom. The number of ether oxygens (including phenoxy) is 1. The largest absolute Gasteiger partial charge is 0.497 e. The van der Waals surface area contributed by atoms with E-state index < -0.39 is 0 Å². The van der Waals surface area contributed by atoms with Crippen molar-refractivity contribution in [2.45, 2.75) is 45.7 Å². The van der Waals surface area contributed by atoms with Gasteiger partial charge in [-0.3, -0.25) is 9.69 Å². The van der Waals surface area contributed by atoms with Gasteiger partial charge in [-0.2, -0.15) is 0 Å². The van der Waals surface area contributed by atoms with Gasteiger partial charge in [-0.05, 0) is 61.9 Å². The summed E-state index contributed by atoms with van der Waals surface area (Å²) in [5.74, 6) is 1.90. The SMILES string of the molecule is COc1ccc(CN2CCC(CNC(=O)[C@@H](N)CC(C)C)CC2)cc1.Cl.Cl. The Labute approximate surface area is 176 Å². The van der Waals surface area contributed by atoms with Gasteiger partial charge in [-0.1, -0.05) is 26.0 Å². The Balaban J connectivity index is 0.00000338. The first-order valence-corrected chi connectivity index (χ1v) is 9.36. The molecule has 0 aromatic heterocycles. The molecular formula is C20H35Cl2N3O2. The van der Waals surface area contributed by atoms with Crippen LogP contribution in [0.1, 0.15) is 38.7 Å². The van der Waals surface area contributed by atoms with Crippen LogP contribution < -0.4 is 15.8 Å². The predicted molar refractivity (Wildman–Crippen MR) is 116 cm³/mol. The van der Waals surface area contributed by atoms with Gasteiger partial charge in [0, 0.05) is 13.1 Å². The summed E-state index contributed by atoms with van der Waals surface area (Å²) in [4.78, 5) is 14.5. The molecule has 0 radical (unpaired) electrons. The van der Waals surface area contributed by atoms with Crippen LogP contribution in [-0.4, -0.2) is 43.6 Å². The maximum absolute atomic E-state index is 12.0. The van der Waals surface area contributed by atoms with Crippen LogP contribution >= 0.6 is 24.8 Å². The number of methoxy groups -OCH3 is 1. The van der Waals surface area contributed by atoms with Crippen LogP contribution in [0, 0.1) is 11.8 Å². The van der Waals surface area contributed by atoms with Gasteiger partial charge < -0.3 is 15.8 Å². The van der Waals surface area contributed by atoms with Crippen LogP contribution in [0.3, 0.4) is 0 Å². The van der Waals surface area contributed by atoms with Gasteiger partial charge in [0.2, 0.25) is 5.91 Å². The molecule has 0 spiro atoms. The summed E-state index contributed by atoms with van der Waals surface area (Å²) in [6.07, 6.45) is 2.98. The molecule has 1 aliphatic rings. The van der Waals surface area contributed by atoms with Crippen molar-refractivity contribution in [3.05, 3.63) is 29.8 Å². The molecular weight excluding hydrogens is 385 g/mol. The predicted octanol–water partition coefficient (Wildman–Crippen LogP) is 3.24. The first-order valence-electron chi connectivity index (χ1n) is 9.36. The fourth-order valence-electron chi connectivity index (χ4n) is 3.33. The lowest BCUT2D eigenvalue weighted by Crippen LogP contribution is -2.44. The third-order valence-corrected chi connectivity index (χ3v) is 4.90. The quantitative estimate of drug-likeness (QED) is 0.678. The zero-order valence-electron chi connectivity index (χ0n) is 16.6. The fraction of sp³-hybridized carbons (Fsp3) is 0.650. The smallest absolute Gasteiger partial charge is 0.236 e. The molecule has 7 heteroatoms. The van der Waals surface area contributed by atoms with Crippen LogP contribution in [0.15, 0.2) is 24.3 Å². The first kappa shape index (κ1) is 26.0. The minimum atomic E-state index is -0.379. The molecule has 0 saturated carbocycles. The van der Waals surface area contributed by atoms with Gasteiger partial charge in [-0.25, -0.2) is 0 Å². The monoisotopic (exact) mass is 419 g/mol. The molecule has 27 heavy (non-hydrogen) atoms. The number of rotatable bonds is 8. The number of halogens is 2. The zero-order valence-corrected chi connectivity index (χ0v) is 18.3. The van der Waals surface area contributed by atoms with Crippen LogP contribution in [0.2, 0.25) is 0 Å². The van der Waals surface area contributed by atoms with E-state index in [-0.39, 0.29) is 36.8 Å². The summed E-state index contributed by atoms with van der Waals surface area (Å²) in [6, 6.07) is 7.90. The van der Waals surface area contributed by atoms with Crippen LogP contribution in [0.5, 0.6) is 5.75 Å². The van der Waals surface area contributed by atoms with E-state index in [0.29, 0.717) is 11.8 Å². The number of nitrogens with one attached hydrogen (secondary N) is 1. The molecule has 1 heterocycles. The summed E-state index contributed by atoms with van der Waals surface area (Å²) >= 11 is 0. The van der Waals surface area contributed by atoms with Gasteiger partial charge in [0.15, 0.2) is 0 Å². The van der Waals surface area contributed by atoms with E-state index >= 15 is 0 Å². The van der Waals surface area contributed by atoms with Crippen LogP contribution in [0.25, 0.3) is 0 Å². The lowest BCUT2D eigenvalue weighted by atomic mass is 9.96. The highest BCUT2D eigenvalue weighted by molar-refractivity contribution is 5.85. The highest BCUT2D eigenvalue weighted by Crippen LogP contribution is 2.19. The molecule has 1 amide bonds. The molecule has 0 unspecified atom stereocenters. The first-order chi connectivity index (χ1) is 12.0. The lowest BCUT2D eigenvalue weighted by Gasteiger charge is -2.32. The van der Waals surface area contributed by atoms with Crippen molar-refractivity contribution < 1.29 is 9.53 Å². The van der Waals surface area contributed by atoms with Crippen molar-refractivity contribution in [2.75, 3.05) is 26.7 Å². The van der Waals surface area contributed by atoms with Gasteiger partial charge in [0.05, 0.1) is 13.2 Å². The fourth-order valence-corrected chi connectivity index (χ4v) is 3.33. The maximum atomic E-state index is 12.0. The van der Waals surface area contributed by atoms with Gasteiger partial charge >= 0.3 is 0 Å². The molecule has 1 fully saturated rings. The number of benzene rings is 1. The van der Waals surface area contributed by atoms with Crippen molar-refractivity contribution in [3.63, 3.8) is 0 Å². The average Bonchev–Trinajstić information content (AvgIpc) is 2.61. The van der Waals surface area contributed by atoms with Crippen molar-refractivity contribution in [1.29, 1.82) is 0 Å². The summed E-state index contributed by atoms with van der Waals surface area (Å²) in [5, 5.41) is 3.04. The van der Waals surface area contributed by atoms with Crippen molar-refractivity contribution >= 4 is 30.7 Å². The molecule has 156 valence electrons. The Kier molecular flexibility index (Phi) is 12.7. The number of hydrogen-bond acceptors (Lipinski definition) is 4. The average molecular weight is 420 g/mol. The van der Waals surface area contributed by atoms with Crippen molar-refractivity contribution in [2.24, 2.45) is 17.6 Å². The molecule has 1 aliphatic heterocycles. The standard InChI is InChI=1S/C20H33N3O2.2ClH/c1-15(2)12-19(21)20(24)22-13-16-8-10-23(11-9-16)14-17-4-6-18(25-3)7-5-17;;/h4-7,15-16,19H,8-14,21H2,1-3H3,(H,22,24);2*1H/t19-;;/m0../s1. The molecule has 0 aliphatic carbocycles. The third-order valence-electron chi connectivity index (χ3n) is 4.90. The van der Waals surface area contributed by atoms with E-state index in [4.69, 9.17) is 10.5 Å². The molecule has 1 aromatic rings. The number of carbonyl (C=O) groups is 1. The summed E-state index contributed by atoms with van der Waals surface area (Å²) in [7, 11) is 1.69. The minimum absolute atomic E-state index is 0. The Morgan fingerprint density at radius 1 is 1.22 bits per heavy atom. The van der Waals surface area contributed by atoms with Crippen molar-refractivity contribution in [1.82, 2.24) is 10.2 Å². The number of piperidine rings is 1. The topological polar surface area (TPSA) is 67.6 Å². The summed E-state index contributed by atoms with van der Waals surface area (Å²) < 4.78 is 5.20. The number of nitrogens with zero attached hydrogens (tertiary/aromatic N) is 1. The van der Waals surface area contributed by atoms with E-state index in [2.05, 4.69) is 36.2 Å². The van der Waals surface area contributed by atoms with Crippen LogP contribution in [0.4, 0.5) is 0 Å². The second-order valence-corrected chi connectivity index (χ2v) is 7.55. The second kappa shape index (κ2) is 13.2. The highest BCUT2D eigenvalue weighted by Gasteiger charge is 2.21. The van der Waals surface area contributed by atoms with Crippen molar-refractivity contribution in [3.8, 4) is 5.75 Å². The maximum Gasteiger partial charge on any atom is 0.236 e. The van der Waals surface area contributed by atoms with Gasteiger partial charge in [-0.15, -0.1) is 24.8 Å². The van der Waals surface area contributed by atoms with E-state index in [0.717, 1.165) is 51.2 Å². The third kappa shape index (κ3) is 9.15. The highest BCUT2D eigenvalue weighted by atomic mass is 35.5. The normalized spacial score (nSPS) is 16.2. The number of carbonyl (C=O) groups excluding carboxylic acids is 1. The number of nitrogens with two attached hydrogens (primary N) is 1. The second-order valence-electron chi connectivity index (χ2n) is 7.55. The molecule has 2 rings (SSSR count). The van der Waals surface area contributed by atoms with Gasteiger partial charge in [0.1, 0.15) is 5.75 Å². The number of hydrogen-bond donors (Lipinski definition) is 2. The lowest BCUT2D eigenvalue weighted by molar-refractivity contribution is -0.122. The molecule has 1 saturated heterocycles. The molecule has 0 bridgehead atoms. The molecule has 1 aromatic carbocycles. The van der Waals surface area contributed by atoms with E-state index in [1.807, 2.05) is 12.1 Å². The summed E-state index contributed by atoms with van der Waals surface area (Å²) in [6.45, 7) is 8.05. The van der Waals surface area contributed by atoms with E-state index in [1.54, 1.807) is 7.11 Å². The van der Waals surface area contributed by atoms with Crippen LogP contribution in [-0.2, 0) is 11.3 Å². The zero-order chi connectivity index (χ0) is 18.2. The summed E-state index contributed by atoms with van der Waals surface area (Å²) in [5.41, 5.74) is 7.25. The Bertz CT molecular complexity index is 533. The Morgan fingerprint density at radius 2 is 1.81 bits per heavy atom. The molecule has 3 N–H and O–H groups in total. The van der Waals surface area contributed by atoms with Gasteiger partial charge in [0.25, 0.3) is 0 Å². The molecule has 1 atom stereocenters. The minimum Gasteiger partial charge on any atom is -0.497 e. The van der Waals surface area contributed by atoms with E-state index in [9.17, 15) is 4.79 Å². The molecule has 5 nitrogen and oxygen atoms in total. The van der Waals surface area contributed by atoms with E-state index in [1.165, 1.54) is 5.56 Å². The number of amides is 1.